The number of halogens is 3. The van der Waals surface area contributed by atoms with Crippen molar-refractivity contribution in [3.8, 4) is 5.75 Å². The molecule has 2 rings (SSSR count). The summed E-state index contributed by atoms with van der Waals surface area (Å²) in [6, 6.07) is 6.59. The molecule has 2 N–H and O–H groups in total. The lowest BCUT2D eigenvalue weighted by atomic mass is 10.2. The van der Waals surface area contributed by atoms with Gasteiger partial charge in [-0.25, -0.2) is 13.2 Å². The summed E-state index contributed by atoms with van der Waals surface area (Å²) in [5, 5.41) is 8.97. The average molecular weight is 375 g/mol. The minimum Gasteiger partial charge on any atom is -0.495 e. The molecule has 0 aromatic heterocycles. The molecule has 134 valence electrons. The van der Waals surface area contributed by atoms with E-state index in [1.165, 1.54) is 13.2 Å². The molecule has 0 saturated carbocycles. The fourth-order valence-electron chi connectivity index (χ4n) is 1.96. The molecule has 10 heteroatoms. The zero-order valence-corrected chi connectivity index (χ0v) is 13.5. The van der Waals surface area contributed by atoms with E-state index in [1.807, 2.05) is 0 Å². The van der Waals surface area contributed by atoms with Gasteiger partial charge >= 0.3 is 12.1 Å². The van der Waals surface area contributed by atoms with Gasteiger partial charge in [-0.1, -0.05) is 0 Å². The number of rotatable bonds is 5. The standard InChI is InChI=1S/C15H12F3NO5S/c1-24-12-7-2-9(14(20)21)8-13(12)25(22,23)19-11-5-3-10(4-6-11)15(16,17)18/h2-8,19H,1H3,(H,20,21). The molecule has 0 fully saturated rings. The average Bonchev–Trinajstić information content (AvgIpc) is 2.53. The van der Waals surface area contributed by atoms with Crippen LogP contribution in [0.15, 0.2) is 47.4 Å². The van der Waals surface area contributed by atoms with Crippen LogP contribution < -0.4 is 9.46 Å². The second-order valence-corrected chi connectivity index (χ2v) is 6.50. The van der Waals surface area contributed by atoms with Crippen molar-refractivity contribution in [2.75, 3.05) is 11.8 Å². The van der Waals surface area contributed by atoms with E-state index >= 15 is 0 Å². The number of ether oxygens (including phenoxy) is 1. The first-order valence-corrected chi connectivity index (χ1v) is 8.14. The van der Waals surface area contributed by atoms with Crippen LogP contribution in [0.3, 0.4) is 0 Å². The smallest absolute Gasteiger partial charge is 0.416 e. The van der Waals surface area contributed by atoms with Gasteiger partial charge in [-0.3, -0.25) is 4.72 Å². The van der Waals surface area contributed by atoms with E-state index in [4.69, 9.17) is 9.84 Å². The molecule has 0 aliphatic carbocycles. The van der Waals surface area contributed by atoms with Crippen LogP contribution in [0.25, 0.3) is 0 Å². The summed E-state index contributed by atoms with van der Waals surface area (Å²) in [6.45, 7) is 0. The van der Waals surface area contributed by atoms with Crippen LogP contribution in [0, 0.1) is 0 Å². The van der Waals surface area contributed by atoms with Crippen molar-refractivity contribution in [2.24, 2.45) is 0 Å². The van der Waals surface area contributed by atoms with E-state index in [9.17, 15) is 26.4 Å². The van der Waals surface area contributed by atoms with Gasteiger partial charge in [0.15, 0.2) is 0 Å². The van der Waals surface area contributed by atoms with Gasteiger partial charge in [0.2, 0.25) is 0 Å². The first kappa shape index (κ1) is 18.6. The highest BCUT2D eigenvalue weighted by Crippen LogP contribution is 2.31. The maximum absolute atomic E-state index is 12.5. The Morgan fingerprint density at radius 2 is 1.72 bits per heavy atom. The molecule has 6 nitrogen and oxygen atoms in total. The predicted molar refractivity (Wildman–Crippen MR) is 82.2 cm³/mol. The topological polar surface area (TPSA) is 92.7 Å². The Bertz CT molecular complexity index is 892. The zero-order valence-electron chi connectivity index (χ0n) is 12.7. The molecule has 0 unspecified atom stereocenters. The van der Waals surface area contributed by atoms with E-state index in [0.29, 0.717) is 0 Å². The van der Waals surface area contributed by atoms with Crippen molar-refractivity contribution >= 4 is 21.7 Å². The molecule has 0 spiro atoms. The summed E-state index contributed by atoms with van der Waals surface area (Å²) in [4.78, 5) is 10.6. The summed E-state index contributed by atoms with van der Waals surface area (Å²) in [5.41, 5.74) is -1.33. The van der Waals surface area contributed by atoms with Crippen LogP contribution in [0.5, 0.6) is 5.75 Å². The number of carbonyl (C=O) groups is 1. The SMILES string of the molecule is COc1ccc(C(=O)O)cc1S(=O)(=O)Nc1ccc(C(F)(F)F)cc1. The second kappa shape index (κ2) is 6.63. The predicted octanol–water partition coefficient (Wildman–Crippen LogP) is 3.21. The number of nitrogens with one attached hydrogen (secondary N) is 1. The number of hydrogen-bond donors (Lipinski definition) is 2. The van der Waals surface area contributed by atoms with Crippen molar-refractivity contribution in [3.63, 3.8) is 0 Å². The fraction of sp³-hybridized carbons (Fsp3) is 0.133. The molecule has 0 saturated heterocycles. The third-order valence-corrected chi connectivity index (χ3v) is 4.57. The lowest BCUT2D eigenvalue weighted by Gasteiger charge is -2.13. The molecular weight excluding hydrogens is 363 g/mol. The number of sulfonamides is 1. The quantitative estimate of drug-likeness (QED) is 0.837. The highest BCUT2D eigenvalue weighted by molar-refractivity contribution is 7.92. The van der Waals surface area contributed by atoms with Crippen molar-refractivity contribution in [1.29, 1.82) is 0 Å². The number of methoxy groups -OCH3 is 1. The number of carboxylic acid groups (broad SMARTS) is 1. The van der Waals surface area contributed by atoms with E-state index in [2.05, 4.69) is 4.72 Å². The second-order valence-electron chi connectivity index (χ2n) is 4.85. The fourth-order valence-corrected chi connectivity index (χ4v) is 3.21. The summed E-state index contributed by atoms with van der Waals surface area (Å²) >= 11 is 0. The maximum Gasteiger partial charge on any atom is 0.416 e. The Balaban J connectivity index is 2.39. The molecule has 0 atom stereocenters. The maximum atomic E-state index is 12.5. The highest BCUT2D eigenvalue weighted by Gasteiger charge is 2.30. The monoisotopic (exact) mass is 375 g/mol. The third-order valence-electron chi connectivity index (χ3n) is 3.16. The summed E-state index contributed by atoms with van der Waals surface area (Å²) < 4.78 is 69.4. The van der Waals surface area contributed by atoms with Gasteiger partial charge in [-0.15, -0.1) is 0 Å². The molecule has 2 aromatic rings. The zero-order chi connectivity index (χ0) is 18.8. The highest BCUT2D eigenvalue weighted by atomic mass is 32.2. The lowest BCUT2D eigenvalue weighted by Crippen LogP contribution is -2.15. The molecule has 0 aliphatic heterocycles. The Hall–Kier alpha value is -2.75. The van der Waals surface area contributed by atoms with E-state index in [1.54, 1.807) is 0 Å². The third kappa shape index (κ3) is 4.21. The first-order valence-electron chi connectivity index (χ1n) is 6.66. The molecule has 0 heterocycles. The van der Waals surface area contributed by atoms with Crippen LogP contribution in [0.2, 0.25) is 0 Å². The Labute approximate surface area is 140 Å². The number of carboxylic acids is 1. The minimum atomic E-state index is -4.55. The van der Waals surface area contributed by atoms with Crippen molar-refractivity contribution < 1.29 is 36.2 Å². The number of benzene rings is 2. The number of hydrogen-bond acceptors (Lipinski definition) is 4. The Morgan fingerprint density at radius 1 is 1.12 bits per heavy atom. The lowest BCUT2D eigenvalue weighted by molar-refractivity contribution is -0.137. The minimum absolute atomic E-state index is 0.107. The van der Waals surface area contributed by atoms with Gasteiger partial charge in [0.1, 0.15) is 10.6 Å². The molecular formula is C15H12F3NO5S. The molecule has 25 heavy (non-hydrogen) atoms. The van der Waals surface area contributed by atoms with Crippen molar-refractivity contribution in [2.45, 2.75) is 11.1 Å². The normalized spacial score (nSPS) is 11.8. The van der Waals surface area contributed by atoms with Crippen molar-refractivity contribution in [1.82, 2.24) is 0 Å². The number of aromatic carboxylic acids is 1. The van der Waals surface area contributed by atoms with Crippen LogP contribution in [0.1, 0.15) is 15.9 Å². The van der Waals surface area contributed by atoms with Gasteiger partial charge in [0.25, 0.3) is 10.0 Å². The van der Waals surface area contributed by atoms with Crippen molar-refractivity contribution in [3.05, 3.63) is 53.6 Å². The van der Waals surface area contributed by atoms with Gasteiger partial charge < -0.3 is 9.84 Å². The number of anilines is 1. The molecule has 0 bridgehead atoms. The van der Waals surface area contributed by atoms with Crippen LogP contribution in [-0.4, -0.2) is 26.6 Å². The Morgan fingerprint density at radius 3 is 2.20 bits per heavy atom. The van der Waals surface area contributed by atoms with Gasteiger partial charge in [0, 0.05) is 5.69 Å². The molecule has 0 amide bonds. The summed E-state index contributed by atoms with van der Waals surface area (Å²) in [6.07, 6.45) is -4.55. The van der Waals surface area contributed by atoms with E-state index < -0.39 is 32.6 Å². The Kier molecular flexibility index (Phi) is 4.93. The first-order chi connectivity index (χ1) is 11.5. The molecule has 0 aliphatic rings. The number of alkyl halides is 3. The molecule has 2 aromatic carbocycles. The van der Waals surface area contributed by atoms with Gasteiger partial charge in [-0.05, 0) is 42.5 Å². The van der Waals surface area contributed by atoms with Gasteiger partial charge in [-0.2, -0.15) is 13.2 Å². The van der Waals surface area contributed by atoms with Crippen LogP contribution in [0.4, 0.5) is 18.9 Å². The van der Waals surface area contributed by atoms with E-state index in [-0.39, 0.29) is 17.0 Å². The van der Waals surface area contributed by atoms with Crippen LogP contribution in [-0.2, 0) is 16.2 Å². The van der Waals surface area contributed by atoms with E-state index in [0.717, 1.165) is 36.4 Å². The largest absolute Gasteiger partial charge is 0.495 e. The van der Waals surface area contributed by atoms with Gasteiger partial charge in [0.05, 0.1) is 18.2 Å². The summed E-state index contributed by atoms with van der Waals surface area (Å²) in [7, 11) is -3.08. The summed E-state index contributed by atoms with van der Waals surface area (Å²) in [5.74, 6) is -1.45. The molecule has 0 radical (unpaired) electrons. The van der Waals surface area contributed by atoms with Crippen LogP contribution >= 0.6 is 0 Å².